The van der Waals surface area contributed by atoms with Gasteiger partial charge in [-0.05, 0) is 33.6 Å². The molecule has 0 saturated carbocycles. The van der Waals surface area contributed by atoms with Crippen LogP contribution in [0, 0.1) is 0 Å². The summed E-state index contributed by atoms with van der Waals surface area (Å²) in [7, 11) is 0. The molecule has 0 amide bonds. The van der Waals surface area contributed by atoms with Crippen LogP contribution in [-0.2, 0) is 0 Å². The smallest absolute Gasteiger partial charge is 0.114 e. The third kappa shape index (κ3) is 2.39. The van der Waals surface area contributed by atoms with E-state index in [-0.39, 0.29) is 6.04 Å². The number of nitrogens with zero attached hydrogens (tertiary/aromatic N) is 1. The summed E-state index contributed by atoms with van der Waals surface area (Å²) >= 11 is 10.8. The summed E-state index contributed by atoms with van der Waals surface area (Å²) < 4.78 is 0.855. The molecular formula is C10H8BrClN2S. The summed E-state index contributed by atoms with van der Waals surface area (Å²) in [4.78, 5) is 4.19. The lowest BCUT2D eigenvalue weighted by molar-refractivity contribution is 0.857. The summed E-state index contributed by atoms with van der Waals surface area (Å²) in [5.41, 5.74) is 7.06. The molecule has 2 nitrogen and oxygen atoms in total. The highest BCUT2D eigenvalue weighted by molar-refractivity contribution is 9.10. The van der Waals surface area contributed by atoms with Gasteiger partial charge in [-0.3, -0.25) is 0 Å². The molecule has 0 aliphatic heterocycles. The molecule has 15 heavy (non-hydrogen) atoms. The van der Waals surface area contributed by atoms with Gasteiger partial charge >= 0.3 is 0 Å². The van der Waals surface area contributed by atoms with E-state index >= 15 is 0 Å². The van der Waals surface area contributed by atoms with Crippen molar-refractivity contribution in [2.75, 3.05) is 0 Å². The maximum absolute atomic E-state index is 6.06. The molecule has 1 heterocycles. The molecule has 0 fully saturated rings. The van der Waals surface area contributed by atoms with Crippen molar-refractivity contribution in [3.8, 4) is 0 Å². The topological polar surface area (TPSA) is 38.9 Å². The molecule has 5 heteroatoms. The fourth-order valence-electron chi connectivity index (χ4n) is 1.24. The Balaban J connectivity index is 2.34. The van der Waals surface area contributed by atoms with E-state index in [2.05, 4.69) is 20.9 Å². The zero-order valence-corrected chi connectivity index (χ0v) is 10.8. The Morgan fingerprint density at radius 3 is 2.87 bits per heavy atom. The predicted molar refractivity (Wildman–Crippen MR) is 67.3 cm³/mol. The molecule has 2 rings (SSSR count). The van der Waals surface area contributed by atoms with E-state index in [0.29, 0.717) is 5.02 Å². The van der Waals surface area contributed by atoms with Crippen LogP contribution in [0.2, 0.25) is 5.02 Å². The van der Waals surface area contributed by atoms with Crippen molar-refractivity contribution in [2.45, 2.75) is 6.04 Å². The third-order valence-corrected chi connectivity index (χ3v) is 4.09. The summed E-state index contributed by atoms with van der Waals surface area (Å²) in [5, 5.41) is 3.51. The molecule has 78 valence electrons. The van der Waals surface area contributed by atoms with Crippen molar-refractivity contribution in [3.63, 3.8) is 0 Å². The van der Waals surface area contributed by atoms with E-state index in [0.717, 1.165) is 15.0 Å². The van der Waals surface area contributed by atoms with E-state index < -0.39 is 0 Å². The zero-order valence-electron chi connectivity index (χ0n) is 7.65. The standard InChI is InChI=1S/C10H8BrClN2S/c11-7-5-6(1-2-8(7)12)9(13)10-14-3-4-15-10/h1-5,9H,13H2. The number of nitrogens with two attached hydrogens (primary N) is 1. The molecule has 1 aromatic heterocycles. The van der Waals surface area contributed by atoms with Gasteiger partial charge in [0.1, 0.15) is 5.01 Å². The minimum absolute atomic E-state index is 0.182. The van der Waals surface area contributed by atoms with Gasteiger partial charge in [0.2, 0.25) is 0 Å². The number of aromatic nitrogens is 1. The minimum atomic E-state index is -0.182. The van der Waals surface area contributed by atoms with Gasteiger partial charge in [0.25, 0.3) is 0 Å². The molecule has 2 aromatic rings. The minimum Gasteiger partial charge on any atom is -0.318 e. The SMILES string of the molecule is NC(c1ccc(Cl)c(Br)c1)c1nccs1. The molecule has 0 radical (unpaired) electrons. The first-order valence-electron chi connectivity index (χ1n) is 4.28. The van der Waals surface area contributed by atoms with Crippen LogP contribution in [0.25, 0.3) is 0 Å². The maximum atomic E-state index is 6.06. The van der Waals surface area contributed by atoms with Crippen LogP contribution in [0.3, 0.4) is 0 Å². The number of halogens is 2. The largest absolute Gasteiger partial charge is 0.318 e. The molecule has 0 bridgehead atoms. The van der Waals surface area contributed by atoms with Gasteiger partial charge in [0.15, 0.2) is 0 Å². The van der Waals surface area contributed by atoms with Gasteiger partial charge in [0.05, 0.1) is 11.1 Å². The molecule has 0 spiro atoms. The highest BCUT2D eigenvalue weighted by Gasteiger charge is 2.12. The van der Waals surface area contributed by atoms with Crippen molar-refractivity contribution < 1.29 is 0 Å². The van der Waals surface area contributed by atoms with Gasteiger partial charge < -0.3 is 5.73 Å². The Bertz CT molecular complexity index is 458. The lowest BCUT2D eigenvalue weighted by atomic mass is 10.1. The Morgan fingerprint density at radius 1 is 1.47 bits per heavy atom. The van der Waals surface area contributed by atoms with Crippen LogP contribution in [0.4, 0.5) is 0 Å². The highest BCUT2D eigenvalue weighted by Crippen LogP contribution is 2.28. The predicted octanol–water partition coefficient (Wildman–Crippen LogP) is 3.61. The first-order chi connectivity index (χ1) is 7.18. The fraction of sp³-hybridized carbons (Fsp3) is 0.100. The second-order valence-corrected chi connectivity index (χ2v) is 5.21. The van der Waals surface area contributed by atoms with E-state index in [1.54, 1.807) is 17.5 Å². The third-order valence-electron chi connectivity index (χ3n) is 2.02. The lowest BCUT2D eigenvalue weighted by Gasteiger charge is -2.09. The zero-order chi connectivity index (χ0) is 10.8. The molecule has 1 atom stereocenters. The number of rotatable bonds is 2. The Morgan fingerprint density at radius 2 is 2.27 bits per heavy atom. The van der Waals surface area contributed by atoms with Crippen LogP contribution in [0.1, 0.15) is 16.6 Å². The van der Waals surface area contributed by atoms with E-state index in [1.807, 2.05) is 23.6 Å². The van der Waals surface area contributed by atoms with Gasteiger partial charge in [-0.2, -0.15) is 0 Å². The normalized spacial score (nSPS) is 12.7. The Hall–Kier alpha value is -0.420. The van der Waals surface area contributed by atoms with E-state index in [9.17, 15) is 0 Å². The summed E-state index contributed by atoms with van der Waals surface area (Å²) in [6.45, 7) is 0. The van der Waals surface area contributed by atoms with Crippen molar-refractivity contribution in [1.29, 1.82) is 0 Å². The molecule has 0 saturated heterocycles. The number of benzene rings is 1. The van der Waals surface area contributed by atoms with Crippen molar-refractivity contribution in [3.05, 3.63) is 49.8 Å². The van der Waals surface area contributed by atoms with Gasteiger partial charge in [0, 0.05) is 16.0 Å². The molecule has 2 N–H and O–H groups in total. The number of hydrogen-bond donors (Lipinski definition) is 1. The van der Waals surface area contributed by atoms with Crippen LogP contribution in [-0.4, -0.2) is 4.98 Å². The van der Waals surface area contributed by atoms with Crippen molar-refractivity contribution >= 4 is 38.9 Å². The number of hydrogen-bond acceptors (Lipinski definition) is 3. The second kappa shape index (κ2) is 4.61. The number of thiazole rings is 1. The van der Waals surface area contributed by atoms with E-state index in [4.69, 9.17) is 17.3 Å². The van der Waals surface area contributed by atoms with Crippen LogP contribution < -0.4 is 5.73 Å². The first kappa shape index (κ1) is 11.1. The summed E-state index contributed by atoms with van der Waals surface area (Å²) in [5.74, 6) is 0. The molecule has 0 aliphatic rings. The second-order valence-electron chi connectivity index (χ2n) is 3.02. The molecule has 1 aromatic carbocycles. The highest BCUT2D eigenvalue weighted by atomic mass is 79.9. The summed E-state index contributed by atoms with van der Waals surface area (Å²) in [6.07, 6.45) is 1.75. The quantitative estimate of drug-likeness (QED) is 0.920. The lowest BCUT2D eigenvalue weighted by Crippen LogP contribution is -2.11. The molecule has 1 unspecified atom stereocenters. The van der Waals surface area contributed by atoms with Crippen LogP contribution in [0.5, 0.6) is 0 Å². The van der Waals surface area contributed by atoms with Gasteiger partial charge in [-0.25, -0.2) is 4.98 Å². The average molecular weight is 304 g/mol. The van der Waals surface area contributed by atoms with Gasteiger partial charge in [-0.1, -0.05) is 17.7 Å². The fourth-order valence-corrected chi connectivity index (χ4v) is 2.42. The maximum Gasteiger partial charge on any atom is 0.114 e. The monoisotopic (exact) mass is 302 g/mol. The van der Waals surface area contributed by atoms with Crippen LogP contribution in [0.15, 0.2) is 34.2 Å². The van der Waals surface area contributed by atoms with Gasteiger partial charge in [-0.15, -0.1) is 11.3 Å². The van der Waals surface area contributed by atoms with Crippen molar-refractivity contribution in [2.24, 2.45) is 5.73 Å². The van der Waals surface area contributed by atoms with E-state index in [1.165, 1.54) is 0 Å². The average Bonchev–Trinajstić information content (AvgIpc) is 2.74. The molecule has 0 aliphatic carbocycles. The first-order valence-corrected chi connectivity index (χ1v) is 6.33. The Labute approximate surface area is 105 Å². The molecular weight excluding hydrogens is 296 g/mol. The summed E-state index contributed by atoms with van der Waals surface area (Å²) in [6, 6.07) is 5.49. The van der Waals surface area contributed by atoms with Crippen molar-refractivity contribution in [1.82, 2.24) is 4.98 Å². The Kier molecular flexibility index (Phi) is 3.41. The van der Waals surface area contributed by atoms with Crippen LogP contribution >= 0.6 is 38.9 Å².